The van der Waals surface area contributed by atoms with E-state index >= 15 is 0 Å². The van der Waals surface area contributed by atoms with Crippen molar-refractivity contribution in [2.45, 2.75) is 18.9 Å². The highest BCUT2D eigenvalue weighted by atomic mass is 16.6. The van der Waals surface area contributed by atoms with Crippen LogP contribution < -0.4 is 14.8 Å². The minimum Gasteiger partial charge on any atom is -0.486 e. The zero-order chi connectivity index (χ0) is 15.6. The number of anilines is 1. The zero-order valence-corrected chi connectivity index (χ0v) is 12.7. The fourth-order valence-electron chi connectivity index (χ4n) is 2.86. The molecule has 1 aliphatic heterocycles. The van der Waals surface area contributed by atoms with Crippen molar-refractivity contribution in [1.82, 2.24) is 4.98 Å². The van der Waals surface area contributed by atoms with Crippen molar-refractivity contribution in [2.24, 2.45) is 5.92 Å². The monoisotopic (exact) mass is 307 g/mol. The fraction of sp³-hybridized carbons (Fsp3) is 0.333. The van der Waals surface area contributed by atoms with Crippen LogP contribution in [0, 0.1) is 17.2 Å². The quantitative estimate of drug-likeness (QED) is 0.939. The average molecular weight is 307 g/mol. The predicted molar refractivity (Wildman–Crippen MR) is 85.5 cm³/mol. The molecule has 5 heteroatoms. The van der Waals surface area contributed by atoms with Crippen molar-refractivity contribution in [3.05, 3.63) is 47.7 Å². The highest BCUT2D eigenvalue weighted by Gasteiger charge is 2.33. The molecule has 1 aliphatic carbocycles. The average Bonchev–Trinajstić information content (AvgIpc) is 3.45. The van der Waals surface area contributed by atoms with E-state index in [2.05, 4.69) is 28.5 Å². The second-order valence-electron chi connectivity index (χ2n) is 5.91. The van der Waals surface area contributed by atoms with Gasteiger partial charge in [-0.25, -0.2) is 4.98 Å². The van der Waals surface area contributed by atoms with Crippen LogP contribution in [0.1, 0.15) is 30.0 Å². The number of ether oxygens (including phenoxy) is 2. The van der Waals surface area contributed by atoms with E-state index in [1.54, 1.807) is 12.3 Å². The van der Waals surface area contributed by atoms with Crippen molar-refractivity contribution in [1.29, 1.82) is 5.26 Å². The standard InChI is InChI=1S/C18H17N3O2/c19-10-12-1-6-17(20-11-12)21-18(13-2-3-13)14-4-5-15-16(9-14)23-8-7-22-15/h1,4-6,9,11,13,18H,2-3,7-8H2,(H,20,21)/t18-/m0/s1. The number of rotatable bonds is 4. The molecule has 0 bridgehead atoms. The largest absolute Gasteiger partial charge is 0.486 e. The number of aromatic nitrogens is 1. The van der Waals surface area contributed by atoms with Crippen molar-refractivity contribution in [3.63, 3.8) is 0 Å². The van der Waals surface area contributed by atoms with Crippen LogP contribution in [-0.2, 0) is 0 Å². The Kier molecular flexibility index (Phi) is 3.51. The first-order chi connectivity index (χ1) is 11.3. The molecular formula is C18H17N3O2. The number of pyridine rings is 1. The van der Waals surface area contributed by atoms with Crippen molar-refractivity contribution < 1.29 is 9.47 Å². The molecule has 1 fully saturated rings. The van der Waals surface area contributed by atoms with Crippen molar-refractivity contribution in [2.75, 3.05) is 18.5 Å². The topological polar surface area (TPSA) is 67.2 Å². The molecule has 1 saturated carbocycles. The maximum Gasteiger partial charge on any atom is 0.161 e. The van der Waals surface area contributed by atoms with Gasteiger partial charge in [-0.3, -0.25) is 0 Å². The molecule has 0 unspecified atom stereocenters. The van der Waals surface area contributed by atoms with Crippen LogP contribution in [0.5, 0.6) is 11.5 Å². The van der Waals surface area contributed by atoms with Gasteiger partial charge in [0.15, 0.2) is 11.5 Å². The molecule has 1 aromatic heterocycles. The molecular weight excluding hydrogens is 290 g/mol. The second-order valence-corrected chi connectivity index (χ2v) is 5.91. The number of nitrogens with zero attached hydrogens (tertiary/aromatic N) is 2. The maximum atomic E-state index is 8.86. The lowest BCUT2D eigenvalue weighted by molar-refractivity contribution is 0.171. The van der Waals surface area contributed by atoms with Crippen LogP contribution in [0.4, 0.5) is 5.82 Å². The molecule has 2 aliphatic rings. The molecule has 2 aromatic rings. The Labute approximate surface area is 134 Å². The number of nitriles is 1. The van der Waals surface area contributed by atoms with Gasteiger partial charge in [-0.05, 0) is 48.6 Å². The predicted octanol–water partition coefficient (Wildman–Crippen LogP) is 3.29. The Balaban J connectivity index is 1.59. The van der Waals surface area contributed by atoms with Gasteiger partial charge in [0.25, 0.3) is 0 Å². The fourth-order valence-corrected chi connectivity index (χ4v) is 2.86. The van der Waals surface area contributed by atoms with E-state index in [1.807, 2.05) is 12.1 Å². The molecule has 0 saturated heterocycles. The van der Waals surface area contributed by atoms with E-state index in [0.29, 0.717) is 24.7 Å². The molecule has 0 spiro atoms. The van der Waals surface area contributed by atoms with Crippen LogP contribution in [0.2, 0.25) is 0 Å². The number of hydrogen-bond acceptors (Lipinski definition) is 5. The first-order valence-corrected chi connectivity index (χ1v) is 7.86. The van der Waals surface area contributed by atoms with Crippen LogP contribution in [-0.4, -0.2) is 18.2 Å². The number of benzene rings is 1. The maximum absolute atomic E-state index is 8.86. The Bertz CT molecular complexity index is 748. The molecule has 1 atom stereocenters. The molecule has 2 heterocycles. The summed E-state index contributed by atoms with van der Waals surface area (Å²) in [5, 5.41) is 12.4. The molecule has 23 heavy (non-hydrogen) atoms. The third kappa shape index (κ3) is 2.93. The number of hydrogen-bond donors (Lipinski definition) is 1. The van der Waals surface area contributed by atoms with E-state index in [1.165, 1.54) is 18.4 Å². The van der Waals surface area contributed by atoms with E-state index in [0.717, 1.165) is 17.3 Å². The van der Waals surface area contributed by atoms with Gasteiger partial charge in [-0.15, -0.1) is 0 Å². The highest BCUT2D eigenvalue weighted by Crippen LogP contribution is 2.44. The molecule has 1 N–H and O–H groups in total. The van der Waals surface area contributed by atoms with Gasteiger partial charge in [-0.2, -0.15) is 5.26 Å². The summed E-state index contributed by atoms with van der Waals surface area (Å²) in [7, 11) is 0. The van der Waals surface area contributed by atoms with Crippen molar-refractivity contribution in [3.8, 4) is 17.6 Å². The molecule has 5 nitrogen and oxygen atoms in total. The summed E-state index contributed by atoms with van der Waals surface area (Å²) in [6, 6.07) is 12.1. The van der Waals surface area contributed by atoms with Gasteiger partial charge in [0.2, 0.25) is 0 Å². The Morgan fingerprint density at radius 1 is 1.13 bits per heavy atom. The molecule has 1 aromatic carbocycles. The number of nitrogens with one attached hydrogen (secondary N) is 1. The van der Waals surface area contributed by atoms with E-state index in [9.17, 15) is 0 Å². The molecule has 4 rings (SSSR count). The molecule has 0 radical (unpaired) electrons. The van der Waals surface area contributed by atoms with Crippen LogP contribution in [0.15, 0.2) is 36.5 Å². The lowest BCUT2D eigenvalue weighted by atomic mass is 10.0. The minimum absolute atomic E-state index is 0.200. The van der Waals surface area contributed by atoms with Gasteiger partial charge in [0.1, 0.15) is 25.1 Å². The normalized spacial score (nSPS) is 17.2. The van der Waals surface area contributed by atoms with Crippen LogP contribution in [0.3, 0.4) is 0 Å². The third-order valence-electron chi connectivity index (χ3n) is 4.21. The van der Waals surface area contributed by atoms with E-state index in [-0.39, 0.29) is 6.04 Å². The first-order valence-electron chi connectivity index (χ1n) is 7.86. The second kappa shape index (κ2) is 5.81. The van der Waals surface area contributed by atoms with E-state index in [4.69, 9.17) is 14.7 Å². The molecule has 116 valence electrons. The summed E-state index contributed by atoms with van der Waals surface area (Å²) in [6.45, 7) is 1.20. The van der Waals surface area contributed by atoms with Crippen LogP contribution in [0.25, 0.3) is 0 Å². The third-order valence-corrected chi connectivity index (χ3v) is 4.21. The minimum atomic E-state index is 0.200. The molecule has 0 amide bonds. The summed E-state index contributed by atoms with van der Waals surface area (Å²) in [6.07, 6.45) is 4.01. The summed E-state index contributed by atoms with van der Waals surface area (Å²) in [4.78, 5) is 4.32. The number of fused-ring (bicyclic) bond motifs is 1. The van der Waals surface area contributed by atoms with Gasteiger partial charge in [0, 0.05) is 6.20 Å². The smallest absolute Gasteiger partial charge is 0.161 e. The van der Waals surface area contributed by atoms with Gasteiger partial charge < -0.3 is 14.8 Å². The van der Waals surface area contributed by atoms with Gasteiger partial charge in [-0.1, -0.05) is 6.07 Å². The Morgan fingerprint density at radius 3 is 2.65 bits per heavy atom. The van der Waals surface area contributed by atoms with Gasteiger partial charge >= 0.3 is 0 Å². The van der Waals surface area contributed by atoms with Crippen molar-refractivity contribution >= 4 is 5.82 Å². The Morgan fingerprint density at radius 2 is 1.96 bits per heavy atom. The Hall–Kier alpha value is -2.74. The highest BCUT2D eigenvalue weighted by molar-refractivity contribution is 5.48. The lowest BCUT2D eigenvalue weighted by Gasteiger charge is -2.23. The SMILES string of the molecule is N#Cc1ccc(N[C@H](c2ccc3c(c2)OCCO3)C2CC2)nc1. The lowest BCUT2D eigenvalue weighted by Crippen LogP contribution is -2.17. The van der Waals surface area contributed by atoms with E-state index < -0.39 is 0 Å². The summed E-state index contributed by atoms with van der Waals surface area (Å²) in [5.41, 5.74) is 1.75. The van der Waals surface area contributed by atoms with Gasteiger partial charge in [0.05, 0.1) is 11.6 Å². The zero-order valence-electron chi connectivity index (χ0n) is 12.7. The first kappa shape index (κ1) is 13.9. The summed E-state index contributed by atoms with van der Waals surface area (Å²) in [5.74, 6) is 3.02. The van der Waals surface area contributed by atoms with Crippen LogP contribution >= 0.6 is 0 Å². The summed E-state index contributed by atoms with van der Waals surface area (Å²) >= 11 is 0. The summed E-state index contributed by atoms with van der Waals surface area (Å²) < 4.78 is 11.3.